The Bertz CT molecular complexity index is 574. The minimum absolute atomic E-state index is 0.315. The third-order valence-corrected chi connectivity index (χ3v) is 5.63. The first-order chi connectivity index (χ1) is 10.8. The van der Waals surface area contributed by atoms with Crippen molar-refractivity contribution < 1.29 is 9.53 Å². The first-order valence-corrected chi connectivity index (χ1v) is 8.44. The van der Waals surface area contributed by atoms with Gasteiger partial charge in [0.05, 0.1) is 11.5 Å². The second-order valence-corrected chi connectivity index (χ2v) is 6.74. The zero-order chi connectivity index (χ0) is 15.0. The Morgan fingerprint density at radius 3 is 2.64 bits per heavy atom. The van der Waals surface area contributed by atoms with Crippen LogP contribution in [-0.2, 0) is 14.9 Å². The largest absolute Gasteiger partial charge is 0.381 e. The molecule has 4 rings (SSSR count). The van der Waals surface area contributed by atoms with Crippen LogP contribution in [0.15, 0.2) is 42.5 Å². The highest BCUT2D eigenvalue weighted by atomic mass is 16.5. The van der Waals surface area contributed by atoms with E-state index in [0.29, 0.717) is 31.2 Å². The normalized spacial score (nSPS) is 29.5. The number of amides is 1. The lowest BCUT2D eigenvalue weighted by Gasteiger charge is -2.43. The first kappa shape index (κ1) is 14.0. The van der Waals surface area contributed by atoms with Gasteiger partial charge in [-0.25, -0.2) is 0 Å². The maximum atomic E-state index is 13.6. The molecule has 2 fully saturated rings. The van der Waals surface area contributed by atoms with E-state index in [1.54, 1.807) is 0 Å². The summed E-state index contributed by atoms with van der Waals surface area (Å²) in [5.74, 6) is 0.332. The summed E-state index contributed by atoms with van der Waals surface area (Å²) in [6, 6.07) is 11.1. The minimum Gasteiger partial charge on any atom is -0.381 e. The minimum atomic E-state index is -0.383. The van der Waals surface area contributed by atoms with Crippen LogP contribution in [-0.4, -0.2) is 36.1 Å². The molecule has 0 radical (unpaired) electrons. The summed E-state index contributed by atoms with van der Waals surface area (Å²) in [5, 5.41) is 0. The monoisotopic (exact) mass is 297 g/mol. The summed E-state index contributed by atoms with van der Waals surface area (Å²) in [5.41, 5.74) is 0.781. The molecule has 2 saturated heterocycles. The Balaban J connectivity index is 1.72. The third kappa shape index (κ3) is 2.11. The van der Waals surface area contributed by atoms with E-state index in [9.17, 15) is 4.79 Å². The molecule has 0 saturated carbocycles. The molecule has 1 aromatic rings. The molecular formula is C19H23NO2. The van der Waals surface area contributed by atoms with Crippen LogP contribution in [0, 0.1) is 0 Å². The number of nitrogens with zero attached hydrogens (tertiary/aromatic N) is 1. The van der Waals surface area contributed by atoms with Gasteiger partial charge in [-0.05, 0) is 37.7 Å². The van der Waals surface area contributed by atoms with Crippen LogP contribution in [0.3, 0.4) is 0 Å². The zero-order valence-corrected chi connectivity index (χ0v) is 12.9. The number of hydrogen-bond donors (Lipinski definition) is 0. The Morgan fingerprint density at radius 1 is 1.14 bits per heavy atom. The molecule has 2 bridgehead atoms. The van der Waals surface area contributed by atoms with Crippen LogP contribution < -0.4 is 0 Å². The molecule has 3 nitrogen and oxygen atoms in total. The summed E-state index contributed by atoms with van der Waals surface area (Å²) in [6.45, 7) is 1.36. The fourth-order valence-electron chi connectivity index (χ4n) is 4.39. The molecule has 116 valence electrons. The maximum absolute atomic E-state index is 13.6. The lowest BCUT2D eigenvalue weighted by atomic mass is 9.72. The van der Waals surface area contributed by atoms with E-state index in [0.717, 1.165) is 37.7 Å². The van der Waals surface area contributed by atoms with Crippen molar-refractivity contribution in [2.24, 2.45) is 0 Å². The fourth-order valence-corrected chi connectivity index (χ4v) is 4.39. The van der Waals surface area contributed by atoms with Gasteiger partial charge in [-0.3, -0.25) is 4.79 Å². The van der Waals surface area contributed by atoms with E-state index >= 15 is 0 Å². The Kier molecular flexibility index (Phi) is 3.53. The summed E-state index contributed by atoms with van der Waals surface area (Å²) < 4.78 is 5.57. The van der Waals surface area contributed by atoms with Gasteiger partial charge in [-0.15, -0.1) is 0 Å². The Labute approximate surface area is 132 Å². The molecular weight excluding hydrogens is 274 g/mol. The van der Waals surface area contributed by atoms with Crippen molar-refractivity contribution in [1.82, 2.24) is 4.90 Å². The van der Waals surface area contributed by atoms with Crippen molar-refractivity contribution in [2.75, 3.05) is 13.2 Å². The Hall–Kier alpha value is -1.61. The second-order valence-electron chi connectivity index (χ2n) is 6.74. The van der Waals surface area contributed by atoms with Crippen molar-refractivity contribution in [2.45, 2.75) is 49.6 Å². The molecule has 0 N–H and O–H groups in total. The standard InChI is InChI=1S/C19H23NO2/c21-18(20-16-7-4-8-17(20)10-9-16)19(11-13-22-14-12-19)15-5-2-1-3-6-15/h1-7,16-17H,8-14H2/t16-,17-/m0/s1. The average molecular weight is 297 g/mol. The number of hydrogen-bond acceptors (Lipinski definition) is 2. The molecule has 3 aliphatic rings. The van der Waals surface area contributed by atoms with E-state index in [-0.39, 0.29) is 5.41 Å². The van der Waals surface area contributed by atoms with Crippen molar-refractivity contribution >= 4 is 5.91 Å². The molecule has 2 atom stereocenters. The van der Waals surface area contributed by atoms with Gasteiger partial charge in [0.15, 0.2) is 0 Å². The smallest absolute Gasteiger partial charge is 0.234 e. The highest BCUT2D eigenvalue weighted by Crippen LogP contribution is 2.41. The summed E-state index contributed by atoms with van der Waals surface area (Å²) in [6.07, 6.45) is 9.37. The van der Waals surface area contributed by atoms with Gasteiger partial charge >= 0.3 is 0 Å². The summed E-state index contributed by atoms with van der Waals surface area (Å²) in [4.78, 5) is 15.8. The fraction of sp³-hybridized carbons (Fsp3) is 0.526. The molecule has 1 amide bonds. The lowest BCUT2D eigenvalue weighted by Crippen LogP contribution is -2.54. The topological polar surface area (TPSA) is 29.5 Å². The van der Waals surface area contributed by atoms with E-state index in [1.807, 2.05) is 18.2 Å². The quantitative estimate of drug-likeness (QED) is 0.785. The van der Waals surface area contributed by atoms with Gasteiger partial charge in [0.1, 0.15) is 0 Å². The summed E-state index contributed by atoms with van der Waals surface area (Å²) >= 11 is 0. The maximum Gasteiger partial charge on any atom is 0.234 e. The average Bonchev–Trinajstić information content (AvgIpc) is 2.84. The van der Waals surface area contributed by atoms with Crippen molar-refractivity contribution in [1.29, 1.82) is 0 Å². The van der Waals surface area contributed by atoms with Crippen molar-refractivity contribution in [3.63, 3.8) is 0 Å². The van der Waals surface area contributed by atoms with Gasteiger partial charge < -0.3 is 9.64 Å². The van der Waals surface area contributed by atoms with Crippen LogP contribution in [0.1, 0.15) is 37.7 Å². The summed E-state index contributed by atoms with van der Waals surface area (Å²) in [7, 11) is 0. The van der Waals surface area contributed by atoms with Crippen LogP contribution in [0.2, 0.25) is 0 Å². The number of rotatable bonds is 2. The predicted octanol–water partition coefficient (Wildman–Crippen LogP) is 3.05. The lowest BCUT2D eigenvalue weighted by molar-refractivity contribution is -0.143. The first-order valence-electron chi connectivity index (χ1n) is 8.44. The van der Waals surface area contributed by atoms with Crippen LogP contribution >= 0.6 is 0 Å². The number of ether oxygens (including phenoxy) is 1. The molecule has 22 heavy (non-hydrogen) atoms. The zero-order valence-electron chi connectivity index (χ0n) is 12.9. The highest BCUT2D eigenvalue weighted by Gasteiger charge is 2.48. The van der Waals surface area contributed by atoms with Crippen LogP contribution in [0.4, 0.5) is 0 Å². The SMILES string of the molecule is O=C(N1[C@H]2CC=C[C@H]1CC2)C1(c2ccccc2)CCOCC1. The number of carbonyl (C=O) groups is 1. The highest BCUT2D eigenvalue weighted by molar-refractivity contribution is 5.89. The molecule has 0 unspecified atom stereocenters. The van der Waals surface area contributed by atoms with Crippen LogP contribution in [0.5, 0.6) is 0 Å². The number of carbonyl (C=O) groups excluding carboxylic acids is 1. The molecule has 0 aliphatic carbocycles. The van der Waals surface area contributed by atoms with Gasteiger partial charge in [0.25, 0.3) is 0 Å². The number of benzene rings is 1. The van der Waals surface area contributed by atoms with E-state index in [4.69, 9.17) is 4.74 Å². The van der Waals surface area contributed by atoms with Gasteiger partial charge in [0.2, 0.25) is 5.91 Å². The molecule has 3 heterocycles. The number of fused-ring (bicyclic) bond motifs is 2. The van der Waals surface area contributed by atoms with Gasteiger partial charge in [-0.1, -0.05) is 42.5 Å². The molecule has 1 aromatic carbocycles. The van der Waals surface area contributed by atoms with Gasteiger partial charge in [-0.2, -0.15) is 0 Å². The van der Waals surface area contributed by atoms with E-state index in [2.05, 4.69) is 29.2 Å². The molecule has 3 heteroatoms. The molecule has 0 spiro atoms. The van der Waals surface area contributed by atoms with Crippen molar-refractivity contribution in [3.8, 4) is 0 Å². The molecule has 3 aliphatic heterocycles. The van der Waals surface area contributed by atoms with E-state index in [1.165, 1.54) is 0 Å². The van der Waals surface area contributed by atoms with Gasteiger partial charge in [0, 0.05) is 19.3 Å². The molecule has 0 aromatic heterocycles. The van der Waals surface area contributed by atoms with E-state index < -0.39 is 0 Å². The Morgan fingerprint density at radius 2 is 1.91 bits per heavy atom. The third-order valence-electron chi connectivity index (χ3n) is 5.63. The van der Waals surface area contributed by atoms with Crippen molar-refractivity contribution in [3.05, 3.63) is 48.0 Å². The predicted molar refractivity (Wildman–Crippen MR) is 85.6 cm³/mol. The van der Waals surface area contributed by atoms with Crippen LogP contribution in [0.25, 0.3) is 0 Å². The second kappa shape index (κ2) is 5.54.